The molecule has 0 fully saturated rings. The Hall–Kier alpha value is -1.70. The average molecular weight is 308 g/mol. The van der Waals surface area contributed by atoms with Gasteiger partial charge in [0, 0.05) is 14.1 Å². The highest BCUT2D eigenvalue weighted by Crippen LogP contribution is 2.20. The summed E-state index contributed by atoms with van der Waals surface area (Å²) in [7, 11) is -0.347. The van der Waals surface area contributed by atoms with Gasteiger partial charge in [0.15, 0.2) is 0 Å². The number of imidazole rings is 1. The second kappa shape index (κ2) is 6.38. The topological polar surface area (TPSA) is 78.1 Å². The summed E-state index contributed by atoms with van der Waals surface area (Å²) in [6, 6.07) is 6.77. The van der Waals surface area contributed by atoms with Crippen LogP contribution in [0.3, 0.4) is 0 Å². The Labute approximate surface area is 125 Å². The third-order valence-corrected chi connectivity index (χ3v) is 4.94. The molecule has 0 radical (unpaired) electrons. The predicted molar refractivity (Wildman–Crippen MR) is 82.3 cm³/mol. The number of nitrogens with zero attached hydrogens (tertiary/aromatic N) is 2. The van der Waals surface area contributed by atoms with Gasteiger partial charge in [-0.15, -0.1) is 0 Å². The lowest BCUT2D eigenvalue weighted by molar-refractivity contribution is 0.521. The van der Waals surface area contributed by atoms with E-state index in [1.54, 1.807) is 30.5 Å². The molecule has 2 N–H and O–H groups in total. The maximum atomic E-state index is 12.0. The van der Waals surface area contributed by atoms with E-state index in [0.717, 1.165) is 23.6 Å². The van der Waals surface area contributed by atoms with Crippen molar-refractivity contribution >= 4 is 10.0 Å². The molecule has 0 spiro atoms. The molecule has 0 amide bonds. The molecule has 0 aliphatic heterocycles. The highest BCUT2D eigenvalue weighted by molar-refractivity contribution is 7.89. The third kappa shape index (κ3) is 3.49. The van der Waals surface area contributed by atoms with Crippen LogP contribution in [0, 0.1) is 0 Å². The van der Waals surface area contributed by atoms with Gasteiger partial charge in [-0.25, -0.2) is 17.7 Å². The van der Waals surface area contributed by atoms with Crippen molar-refractivity contribution in [3.63, 3.8) is 0 Å². The van der Waals surface area contributed by atoms with E-state index in [1.165, 1.54) is 18.4 Å². The molecular formula is C14H20N4O2S. The molecule has 114 valence electrons. The maximum Gasteiger partial charge on any atom is 0.242 e. The number of benzene rings is 1. The first-order chi connectivity index (χ1) is 9.95. The van der Waals surface area contributed by atoms with Gasteiger partial charge in [0.2, 0.25) is 10.0 Å². The fraction of sp³-hybridized carbons (Fsp3) is 0.357. The summed E-state index contributed by atoms with van der Waals surface area (Å²) in [6.07, 6.45) is 1.75. The van der Waals surface area contributed by atoms with Crippen LogP contribution in [0.4, 0.5) is 0 Å². The molecule has 21 heavy (non-hydrogen) atoms. The van der Waals surface area contributed by atoms with Gasteiger partial charge in [0.25, 0.3) is 0 Å². The second-order valence-electron chi connectivity index (χ2n) is 4.84. The minimum Gasteiger partial charge on any atom is -0.341 e. The van der Waals surface area contributed by atoms with Gasteiger partial charge in [-0.05, 0) is 24.2 Å². The highest BCUT2D eigenvalue weighted by atomic mass is 32.2. The molecule has 0 aliphatic carbocycles. The Morgan fingerprint density at radius 1 is 1.24 bits per heavy atom. The van der Waals surface area contributed by atoms with Crippen molar-refractivity contribution in [1.29, 1.82) is 0 Å². The molecule has 6 nitrogen and oxygen atoms in total. The van der Waals surface area contributed by atoms with E-state index in [0.29, 0.717) is 6.54 Å². The Balaban J connectivity index is 2.21. The Kier molecular flexibility index (Phi) is 4.76. The molecule has 2 rings (SSSR count). The second-order valence-corrected chi connectivity index (χ2v) is 6.99. The standard InChI is InChI=1S/C14H20N4O2S/c1-4-15-10-14-16-9-13(17-14)11-5-7-12(8-6-11)21(19,20)18(2)3/h5-9,15H,4,10H2,1-3H3,(H,16,17). The van der Waals surface area contributed by atoms with Crippen molar-refractivity contribution < 1.29 is 8.42 Å². The van der Waals surface area contributed by atoms with Crippen molar-refractivity contribution in [2.75, 3.05) is 20.6 Å². The molecule has 1 aromatic carbocycles. The van der Waals surface area contributed by atoms with Crippen LogP contribution in [0.2, 0.25) is 0 Å². The van der Waals surface area contributed by atoms with Gasteiger partial charge in [-0.2, -0.15) is 0 Å². The van der Waals surface area contributed by atoms with Crippen molar-refractivity contribution in [3.05, 3.63) is 36.3 Å². The van der Waals surface area contributed by atoms with Gasteiger partial charge in [0.05, 0.1) is 23.3 Å². The van der Waals surface area contributed by atoms with E-state index in [9.17, 15) is 8.42 Å². The van der Waals surface area contributed by atoms with E-state index < -0.39 is 10.0 Å². The number of hydrogen-bond acceptors (Lipinski definition) is 4. The van der Waals surface area contributed by atoms with Gasteiger partial charge in [-0.3, -0.25) is 0 Å². The van der Waals surface area contributed by atoms with Crippen LogP contribution >= 0.6 is 0 Å². The van der Waals surface area contributed by atoms with Gasteiger partial charge < -0.3 is 10.3 Å². The van der Waals surface area contributed by atoms with Gasteiger partial charge in [-0.1, -0.05) is 19.1 Å². The van der Waals surface area contributed by atoms with E-state index in [2.05, 4.69) is 15.3 Å². The molecule has 0 unspecified atom stereocenters. The lowest BCUT2D eigenvalue weighted by atomic mass is 10.2. The first-order valence-electron chi connectivity index (χ1n) is 6.72. The number of nitrogens with one attached hydrogen (secondary N) is 2. The summed E-state index contributed by atoms with van der Waals surface area (Å²) in [4.78, 5) is 7.78. The number of rotatable bonds is 6. The highest BCUT2D eigenvalue weighted by Gasteiger charge is 2.16. The fourth-order valence-electron chi connectivity index (χ4n) is 1.86. The molecule has 0 saturated carbocycles. The average Bonchev–Trinajstić information content (AvgIpc) is 2.94. The van der Waals surface area contributed by atoms with E-state index >= 15 is 0 Å². The van der Waals surface area contributed by atoms with Gasteiger partial charge >= 0.3 is 0 Å². The molecule has 2 aromatic rings. The zero-order valence-electron chi connectivity index (χ0n) is 12.4. The molecule has 1 aromatic heterocycles. The molecule has 7 heteroatoms. The van der Waals surface area contributed by atoms with E-state index in [-0.39, 0.29) is 4.90 Å². The molecule has 0 atom stereocenters. The zero-order valence-corrected chi connectivity index (χ0v) is 13.2. The Morgan fingerprint density at radius 3 is 2.48 bits per heavy atom. The number of hydrogen-bond donors (Lipinski definition) is 2. The first kappa shape index (κ1) is 15.7. The van der Waals surface area contributed by atoms with Crippen molar-refractivity contribution in [2.45, 2.75) is 18.4 Å². The normalized spacial score (nSPS) is 12.0. The van der Waals surface area contributed by atoms with Crippen LogP contribution in [0.15, 0.2) is 35.4 Å². The summed E-state index contributed by atoms with van der Waals surface area (Å²) in [5.74, 6) is 0.858. The molecule has 1 heterocycles. The van der Waals surface area contributed by atoms with Crippen molar-refractivity contribution in [3.8, 4) is 11.3 Å². The quantitative estimate of drug-likeness (QED) is 0.846. The fourth-order valence-corrected chi connectivity index (χ4v) is 2.76. The molecule has 0 aliphatic rings. The molecule has 0 bridgehead atoms. The largest absolute Gasteiger partial charge is 0.341 e. The number of sulfonamides is 1. The van der Waals surface area contributed by atoms with E-state index in [1.807, 2.05) is 6.92 Å². The third-order valence-electron chi connectivity index (χ3n) is 3.11. The van der Waals surface area contributed by atoms with Crippen LogP contribution in [0.1, 0.15) is 12.7 Å². The number of aromatic amines is 1. The summed E-state index contributed by atoms with van der Waals surface area (Å²) < 4.78 is 25.2. The van der Waals surface area contributed by atoms with Crippen LogP contribution in [0.25, 0.3) is 11.3 Å². The number of H-pyrrole nitrogens is 1. The Bertz CT molecular complexity index is 690. The van der Waals surface area contributed by atoms with Crippen molar-refractivity contribution in [1.82, 2.24) is 19.6 Å². The predicted octanol–water partition coefficient (Wildman–Crippen LogP) is 1.44. The van der Waals surface area contributed by atoms with Crippen LogP contribution in [-0.2, 0) is 16.6 Å². The van der Waals surface area contributed by atoms with Crippen molar-refractivity contribution in [2.24, 2.45) is 0 Å². The van der Waals surface area contributed by atoms with E-state index in [4.69, 9.17) is 0 Å². The van der Waals surface area contributed by atoms with Crippen LogP contribution < -0.4 is 5.32 Å². The maximum absolute atomic E-state index is 12.0. The number of aromatic nitrogens is 2. The smallest absolute Gasteiger partial charge is 0.242 e. The summed E-state index contributed by atoms with van der Waals surface area (Å²) in [5.41, 5.74) is 1.78. The minimum atomic E-state index is -3.39. The van der Waals surface area contributed by atoms with Crippen LogP contribution in [0.5, 0.6) is 0 Å². The Morgan fingerprint density at radius 2 is 1.90 bits per heavy atom. The van der Waals surface area contributed by atoms with Gasteiger partial charge in [0.1, 0.15) is 5.82 Å². The minimum absolute atomic E-state index is 0.281. The molecule has 0 saturated heterocycles. The monoisotopic (exact) mass is 308 g/mol. The lowest BCUT2D eigenvalue weighted by Gasteiger charge is -2.11. The summed E-state index contributed by atoms with van der Waals surface area (Å²) >= 11 is 0. The SMILES string of the molecule is CCNCc1ncc(-c2ccc(S(=O)(=O)N(C)C)cc2)[nH]1. The summed E-state index contributed by atoms with van der Waals surface area (Å²) in [5, 5.41) is 3.19. The zero-order chi connectivity index (χ0) is 15.5. The molecular weight excluding hydrogens is 288 g/mol. The summed E-state index contributed by atoms with van der Waals surface area (Å²) in [6.45, 7) is 3.60. The van der Waals surface area contributed by atoms with Crippen LogP contribution in [-0.4, -0.2) is 43.3 Å². The first-order valence-corrected chi connectivity index (χ1v) is 8.16. The lowest BCUT2D eigenvalue weighted by Crippen LogP contribution is -2.22.